The van der Waals surface area contributed by atoms with Crippen LogP contribution < -0.4 is 0 Å². The average molecular weight is 325 g/mol. The normalized spacial score (nSPS) is 11.6. The summed E-state index contributed by atoms with van der Waals surface area (Å²) in [5.41, 5.74) is 4.19. The molecule has 1 nitrogen and oxygen atoms in total. The van der Waals surface area contributed by atoms with Gasteiger partial charge in [0.2, 0.25) is 0 Å². The predicted molar refractivity (Wildman–Crippen MR) is 104 cm³/mol. The molecule has 1 heteroatoms. The molecule has 0 unspecified atom stereocenters. The SMILES string of the molecule is CCCCCCCc1ccc(C(C)(C)Cc2ccc(O)cc2)cc1. The van der Waals surface area contributed by atoms with E-state index in [4.69, 9.17) is 0 Å². The molecule has 0 saturated heterocycles. The van der Waals surface area contributed by atoms with Crippen molar-refractivity contribution in [2.75, 3.05) is 0 Å². The minimum Gasteiger partial charge on any atom is -0.508 e. The largest absolute Gasteiger partial charge is 0.508 e. The van der Waals surface area contributed by atoms with Gasteiger partial charge in [0, 0.05) is 0 Å². The van der Waals surface area contributed by atoms with Gasteiger partial charge in [0.1, 0.15) is 5.75 Å². The Hall–Kier alpha value is -1.76. The second-order valence-corrected chi connectivity index (χ2v) is 7.59. The molecule has 0 saturated carbocycles. The Balaban J connectivity index is 1.91. The van der Waals surface area contributed by atoms with Gasteiger partial charge in [0.25, 0.3) is 0 Å². The highest BCUT2D eigenvalue weighted by molar-refractivity contribution is 5.32. The van der Waals surface area contributed by atoms with E-state index < -0.39 is 0 Å². The molecule has 0 amide bonds. The number of rotatable bonds is 9. The first kappa shape index (κ1) is 18.6. The molecule has 0 aliphatic heterocycles. The molecule has 0 fully saturated rings. The molecule has 1 N–H and O–H groups in total. The van der Waals surface area contributed by atoms with E-state index in [1.54, 1.807) is 12.1 Å². The van der Waals surface area contributed by atoms with Crippen LogP contribution in [-0.4, -0.2) is 5.11 Å². The highest BCUT2D eigenvalue weighted by Crippen LogP contribution is 2.28. The van der Waals surface area contributed by atoms with Gasteiger partial charge in [0.05, 0.1) is 0 Å². The van der Waals surface area contributed by atoms with Gasteiger partial charge >= 0.3 is 0 Å². The molecule has 2 rings (SSSR count). The van der Waals surface area contributed by atoms with Crippen molar-refractivity contribution < 1.29 is 5.11 Å². The molecule has 0 aliphatic rings. The monoisotopic (exact) mass is 324 g/mol. The van der Waals surface area contributed by atoms with Crippen molar-refractivity contribution in [2.24, 2.45) is 0 Å². The lowest BCUT2D eigenvalue weighted by Crippen LogP contribution is -2.20. The number of aryl methyl sites for hydroxylation is 1. The Morgan fingerprint density at radius 3 is 1.96 bits per heavy atom. The summed E-state index contributed by atoms with van der Waals surface area (Å²) < 4.78 is 0. The van der Waals surface area contributed by atoms with E-state index >= 15 is 0 Å². The molecule has 0 radical (unpaired) electrons. The summed E-state index contributed by atoms with van der Waals surface area (Å²) in [5, 5.41) is 9.42. The van der Waals surface area contributed by atoms with Crippen LogP contribution in [0.25, 0.3) is 0 Å². The van der Waals surface area contributed by atoms with Crippen molar-refractivity contribution in [3.8, 4) is 5.75 Å². The van der Waals surface area contributed by atoms with Crippen LogP contribution >= 0.6 is 0 Å². The minimum atomic E-state index is 0.0939. The summed E-state index contributed by atoms with van der Waals surface area (Å²) in [5.74, 6) is 0.333. The summed E-state index contributed by atoms with van der Waals surface area (Å²) in [6.07, 6.45) is 8.87. The zero-order valence-electron chi connectivity index (χ0n) is 15.5. The molecular formula is C23H32O. The lowest BCUT2D eigenvalue weighted by atomic mass is 9.79. The summed E-state index contributed by atoms with van der Waals surface area (Å²) in [4.78, 5) is 0. The quantitative estimate of drug-likeness (QED) is 0.527. The van der Waals surface area contributed by atoms with Crippen LogP contribution in [0.5, 0.6) is 5.75 Å². The number of aromatic hydroxyl groups is 1. The van der Waals surface area contributed by atoms with Crippen molar-refractivity contribution in [1.82, 2.24) is 0 Å². The first-order valence-corrected chi connectivity index (χ1v) is 9.38. The standard InChI is InChI=1S/C23H32O/c1-4-5-6-7-8-9-19-10-14-21(15-11-19)23(2,3)18-20-12-16-22(24)17-13-20/h10-17,24H,4-9,18H2,1-3H3. The van der Waals surface area contributed by atoms with E-state index in [-0.39, 0.29) is 5.41 Å². The van der Waals surface area contributed by atoms with Gasteiger partial charge in [-0.05, 0) is 53.5 Å². The molecule has 130 valence electrons. The number of hydrogen-bond acceptors (Lipinski definition) is 1. The van der Waals surface area contributed by atoms with Gasteiger partial charge in [-0.25, -0.2) is 0 Å². The Labute approximate surface area is 147 Å². The number of phenolic OH excluding ortho intramolecular Hbond substituents is 1. The molecule has 0 atom stereocenters. The second kappa shape index (κ2) is 8.92. The molecule has 24 heavy (non-hydrogen) atoms. The maximum atomic E-state index is 9.42. The second-order valence-electron chi connectivity index (χ2n) is 7.59. The van der Waals surface area contributed by atoms with E-state index in [0.29, 0.717) is 5.75 Å². The topological polar surface area (TPSA) is 20.2 Å². The van der Waals surface area contributed by atoms with Crippen molar-refractivity contribution in [2.45, 2.75) is 71.1 Å². The lowest BCUT2D eigenvalue weighted by molar-refractivity contribution is 0.474. The summed E-state index contributed by atoms with van der Waals surface area (Å²) in [6.45, 7) is 6.85. The van der Waals surface area contributed by atoms with Crippen LogP contribution in [0.4, 0.5) is 0 Å². The van der Waals surface area contributed by atoms with Crippen LogP contribution in [0, 0.1) is 0 Å². The first-order valence-electron chi connectivity index (χ1n) is 9.38. The third-order valence-electron chi connectivity index (χ3n) is 4.89. The van der Waals surface area contributed by atoms with Gasteiger partial charge in [-0.15, -0.1) is 0 Å². The van der Waals surface area contributed by atoms with Crippen molar-refractivity contribution in [3.63, 3.8) is 0 Å². The van der Waals surface area contributed by atoms with Crippen molar-refractivity contribution >= 4 is 0 Å². The Bertz CT molecular complexity index is 593. The average Bonchev–Trinajstić information content (AvgIpc) is 2.57. The summed E-state index contributed by atoms with van der Waals surface area (Å²) in [7, 11) is 0. The molecule has 2 aromatic carbocycles. The fourth-order valence-corrected chi connectivity index (χ4v) is 3.28. The van der Waals surface area contributed by atoms with E-state index in [1.165, 1.54) is 55.2 Å². The molecule has 0 heterocycles. The maximum absolute atomic E-state index is 9.42. The van der Waals surface area contributed by atoms with Gasteiger partial charge in [-0.2, -0.15) is 0 Å². The Morgan fingerprint density at radius 1 is 0.750 bits per heavy atom. The Morgan fingerprint density at radius 2 is 1.33 bits per heavy atom. The third kappa shape index (κ3) is 5.70. The molecule has 2 aromatic rings. The van der Waals surface area contributed by atoms with E-state index in [1.807, 2.05) is 12.1 Å². The van der Waals surface area contributed by atoms with E-state index in [0.717, 1.165) is 6.42 Å². The molecule has 0 spiro atoms. The number of hydrogen-bond donors (Lipinski definition) is 1. The van der Waals surface area contributed by atoms with Crippen molar-refractivity contribution in [3.05, 3.63) is 65.2 Å². The third-order valence-corrected chi connectivity index (χ3v) is 4.89. The molecule has 0 aliphatic carbocycles. The predicted octanol–water partition coefficient (Wildman–Crippen LogP) is 6.43. The van der Waals surface area contributed by atoms with E-state index in [9.17, 15) is 5.11 Å². The fourth-order valence-electron chi connectivity index (χ4n) is 3.28. The van der Waals surface area contributed by atoms with Crippen LogP contribution in [0.3, 0.4) is 0 Å². The highest BCUT2D eigenvalue weighted by atomic mass is 16.3. The van der Waals surface area contributed by atoms with Crippen LogP contribution in [0.15, 0.2) is 48.5 Å². The van der Waals surface area contributed by atoms with Crippen LogP contribution in [-0.2, 0) is 18.3 Å². The van der Waals surface area contributed by atoms with Gasteiger partial charge in [0.15, 0.2) is 0 Å². The smallest absolute Gasteiger partial charge is 0.115 e. The first-order chi connectivity index (χ1) is 11.5. The van der Waals surface area contributed by atoms with Crippen LogP contribution in [0.1, 0.15) is 69.6 Å². The Kier molecular flexibility index (Phi) is 6.90. The minimum absolute atomic E-state index is 0.0939. The summed E-state index contributed by atoms with van der Waals surface area (Å²) >= 11 is 0. The molecule has 0 bridgehead atoms. The zero-order chi connectivity index (χ0) is 17.4. The summed E-state index contributed by atoms with van der Waals surface area (Å²) in [6, 6.07) is 16.8. The number of unbranched alkanes of at least 4 members (excludes halogenated alkanes) is 4. The lowest BCUT2D eigenvalue weighted by Gasteiger charge is -2.26. The van der Waals surface area contributed by atoms with Crippen LogP contribution in [0.2, 0.25) is 0 Å². The van der Waals surface area contributed by atoms with Gasteiger partial charge < -0.3 is 5.11 Å². The number of benzene rings is 2. The maximum Gasteiger partial charge on any atom is 0.115 e. The number of phenols is 1. The van der Waals surface area contributed by atoms with Gasteiger partial charge in [-0.1, -0.05) is 82.9 Å². The van der Waals surface area contributed by atoms with Gasteiger partial charge in [-0.3, -0.25) is 0 Å². The van der Waals surface area contributed by atoms with E-state index in [2.05, 4.69) is 45.0 Å². The molecule has 0 aromatic heterocycles. The fraction of sp³-hybridized carbons (Fsp3) is 0.478. The zero-order valence-corrected chi connectivity index (χ0v) is 15.5. The molecular weight excluding hydrogens is 292 g/mol. The highest BCUT2D eigenvalue weighted by Gasteiger charge is 2.21. The van der Waals surface area contributed by atoms with Crippen molar-refractivity contribution in [1.29, 1.82) is 0 Å².